The van der Waals surface area contributed by atoms with E-state index in [1.807, 2.05) is 60.0 Å². The number of amides is 1. The van der Waals surface area contributed by atoms with Gasteiger partial charge in [-0.25, -0.2) is 9.78 Å². The highest BCUT2D eigenvalue weighted by atomic mass is 32.1. The summed E-state index contributed by atoms with van der Waals surface area (Å²) in [6.07, 6.45) is 6.07. The van der Waals surface area contributed by atoms with Crippen molar-refractivity contribution >= 4 is 45.8 Å². The molecule has 3 heterocycles. The molecule has 1 aromatic carbocycles. The van der Waals surface area contributed by atoms with Crippen LogP contribution in [-0.2, 0) is 22.5 Å². The van der Waals surface area contributed by atoms with Gasteiger partial charge in [0.25, 0.3) is 5.91 Å². The monoisotopic (exact) mass is 458 g/mol. The van der Waals surface area contributed by atoms with E-state index >= 15 is 0 Å². The van der Waals surface area contributed by atoms with Gasteiger partial charge in [0.05, 0.1) is 29.6 Å². The summed E-state index contributed by atoms with van der Waals surface area (Å²) < 4.78 is 11.0. The molecule has 0 saturated heterocycles. The number of aromatic nitrogens is 1. The fourth-order valence-corrected chi connectivity index (χ4v) is 4.75. The Labute approximate surface area is 194 Å². The van der Waals surface area contributed by atoms with E-state index in [4.69, 9.17) is 14.1 Å². The summed E-state index contributed by atoms with van der Waals surface area (Å²) in [5.74, 6) is -0.0860. The predicted molar refractivity (Wildman–Crippen MR) is 128 cm³/mol. The summed E-state index contributed by atoms with van der Waals surface area (Å²) in [6.45, 7) is 0.0906. The number of hydrogen-bond acceptors (Lipinski definition) is 6. The second kappa shape index (κ2) is 9.42. The lowest BCUT2D eigenvalue weighted by Gasteiger charge is -2.22. The van der Waals surface area contributed by atoms with Crippen molar-refractivity contribution in [2.45, 2.75) is 25.8 Å². The number of nitrogens with zero attached hydrogens (tertiary/aromatic N) is 1. The summed E-state index contributed by atoms with van der Waals surface area (Å²) in [6, 6.07) is 15.2. The molecule has 0 fully saturated rings. The zero-order chi connectivity index (χ0) is 22.6. The minimum absolute atomic E-state index is 0.329. The van der Waals surface area contributed by atoms with Gasteiger partial charge in [-0.2, -0.15) is 0 Å². The number of furan rings is 1. The third kappa shape index (κ3) is 4.59. The molecule has 1 aliphatic rings. The largest absolute Gasteiger partial charge is 0.465 e. The standard InChI is InChI=1S/C26H22N2O4S/c29-23(27-15-19-8-5-13-33-19)16-32-26(30)24-20-9-1-2-11-22(20)28-25-17(6-3-10-21(24)25)14-18-7-4-12-31-18/h1-2,4-5,7-9,11-14H,3,6,10,15-16H2,(H,27,29)/b17-14-. The molecule has 1 amide bonds. The minimum atomic E-state index is -0.504. The number of esters is 1. The van der Waals surface area contributed by atoms with Crippen LogP contribution in [-0.4, -0.2) is 23.5 Å². The number of allylic oxidation sites excluding steroid dienone is 1. The van der Waals surface area contributed by atoms with Crippen LogP contribution >= 0.6 is 11.3 Å². The average molecular weight is 459 g/mol. The quantitative estimate of drug-likeness (QED) is 0.400. The van der Waals surface area contributed by atoms with Gasteiger partial charge >= 0.3 is 5.97 Å². The summed E-state index contributed by atoms with van der Waals surface area (Å²) >= 11 is 1.56. The molecule has 0 spiro atoms. The highest BCUT2D eigenvalue weighted by molar-refractivity contribution is 7.09. The first kappa shape index (κ1) is 21.2. The van der Waals surface area contributed by atoms with Crippen LogP contribution in [0.1, 0.15) is 45.1 Å². The Morgan fingerprint density at radius 1 is 1.12 bits per heavy atom. The second-order valence-corrected chi connectivity index (χ2v) is 8.83. The van der Waals surface area contributed by atoms with E-state index in [1.54, 1.807) is 17.6 Å². The third-order valence-corrected chi connectivity index (χ3v) is 6.48. The number of pyridine rings is 1. The first-order chi connectivity index (χ1) is 16.2. The predicted octanol–water partition coefficient (Wildman–Crippen LogP) is 5.24. The number of hydrogen-bond donors (Lipinski definition) is 1. The zero-order valence-electron chi connectivity index (χ0n) is 17.9. The van der Waals surface area contributed by atoms with Gasteiger partial charge in [-0.05, 0) is 66.1 Å². The van der Waals surface area contributed by atoms with Crippen molar-refractivity contribution in [2.24, 2.45) is 0 Å². The van der Waals surface area contributed by atoms with E-state index in [0.29, 0.717) is 12.1 Å². The van der Waals surface area contributed by atoms with Crippen LogP contribution in [0.25, 0.3) is 22.6 Å². The van der Waals surface area contributed by atoms with E-state index in [2.05, 4.69) is 5.32 Å². The van der Waals surface area contributed by atoms with Crippen LogP contribution < -0.4 is 5.32 Å². The van der Waals surface area contributed by atoms with Crippen molar-refractivity contribution in [1.29, 1.82) is 0 Å². The molecule has 0 aliphatic heterocycles. The van der Waals surface area contributed by atoms with E-state index in [-0.39, 0.29) is 12.5 Å². The molecular weight excluding hydrogens is 436 g/mol. The topological polar surface area (TPSA) is 81.4 Å². The summed E-state index contributed by atoms with van der Waals surface area (Å²) in [5, 5.41) is 5.47. The van der Waals surface area contributed by atoms with Crippen molar-refractivity contribution in [3.63, 3.8) is 0 Å². The lowest BCUT2D eigenvalue weighted by molar-refractivity contribution is -0.124. The maximum Gasteiger partial charge on any atom is 0.339 e. The fraction of sp³-hybridized carbons (Fsp3) is 0.192. The van der Waals surface area contributed by atoms with E-state index < -0.39 is 5.97 Å². The van der Waals surface area contributed by atoms with Crippen LogP contribution in [0.15, 0.2) is 64.6 Å². The van der Waals surface area contributed by atoms with Gasteiger partial charge in [-0.3, -0.25) is 4.79 Å². The Morgan fingerprint density at radius 2 is 2.03 bits per heavy atom. The molecule has 33 heavy (non-hydrogen) atoms. The smallest absolute Gasteiger partial charge is 0.339 e. The van der Waals surface area contributed by atoms with E-state index in [1.165, 1.54) is 0 Å². The number of carbonyl (C=O) groups is 2. The van der Waals surface area contributed by atoms with Crippen LogP contribution in [0.4, 0.5) is 0 Å². The SMILES string of the molecule is O=C(COC(=O)c1c2c(nc3ccccc13)/C(=C\c1ccco1)CCC2)NCc1cccs1. The first-order valence-corrected chi connectivity index (χ1v) is 11.7. The third-order valence-electron chi connectivity index (χ3n) is 5.61. The molecule has 3 aromatic heterocycles. The molecule has 6 nitrogen and oxygen atoms in total. The number of ether oxygens (including phenoxy) is 1. The number of para-hydroxylation sites is 1. The van der Waals surface area contributed by atoms with Gasteiger partial charge in [0.2, 0.25) is 0 Å². The minimum Gasteiger partial charge on any atom is -0.465 e. The lowest BCUT2D eigenvalue weighted by atomic mass is 9.86. The van der Waals surface area contributed by atoms with Crippen molar-refractivity contribution in [2.75, 3.05) is 6.61 Å². The van der Waals surface area contributed by atoms with E-state index in [0.717, 1.165) is 57.6 Å². The molecule has 0 unspecified atom stereocenters. The zero-order valence-corrected chi connectivity index (χ0v) is 18.7. The van der Waals surface area contributed by atoms with Gasteiger partial charge in [0.1, 0.15) is 5.76 Å². The molecule has 0 bridgehead atoms. The molecule has 0 radical (unpaired) electrons. The molecule has 0 saturated carbocycles. The number of fused-ring (bicyclic) bond motifs is 2. The van der Waals surface area contributed by atoms with Crippen LogP contribution in [0.3, 0.4) is 0 Å². The molecule has 166 valence electrons. The Hall–Kier alpha value is -3.71. The van der Waals surface area contributed by atoms with Crippen molar-refractivity contribution in [3.05, 3.63) is 87.6 Å². The Balaban J connectivity index is 1.43. The van der Waals surface area contributed by atoms with E-state index in [9.17, 15) is 9.59 Å². The Kier molecular flexibility index (Phi) is 6.04. The highest BCUT2D eigenvalue weighted by Crippen LogP contribution is 2.36. The normalized spacial score (nSPS) is 14.2. The Morgan fingerprint density at radius 3 is 2.85 bits per heavy atom. The summed E-state index contributed by atoms with van der Waals surface area (Å²) in [4.78, 5) is 31.4. The van der Waals surface area contributed by atoms with Crippen LogP contribution in [0, 0.1) is 0 Å². The molecule has 4 aromatic rings. The maximum absolute atomic E-state index is 13.2. The van der Waals surface area contributed by atoms with Gasteiger partial charge in [-0.15, -0.1) is 11.3 Å². The number of nitrogens with one attached hydrogen (secondary N) is 1. The van der Waals surface area contributed by atoms with Crippen molar-refractivity contribution < 1.29 is 18.7 Å². The van der Waals surface area contributed by atoms with Gasteiger partial charge in [0, 0.05) is 10.3 Å². The van der Waals surface area contributed by atoms with Gasteiger partial charge in [0.15, 0.2) is 6.61 Å². The number of benzene rings is 1. The maximum atomic E-state index is 13.2. The van der Waals surface area contributed by atoms with Gasteiger partial charge in [-0.1, -0.05) is 24.3 Å². The number of rotatable bonds is 6. The second-order valence-electron chi connectivity index (χ2n) is 7.80. The first-order valence-electron chi connectivity index (χ1n) is 10.8. The highest BCUT2D eigenvalue weighted by Gasteiger charge is 2.26. The molecule has 1 aliphatic carbocycles. The van der Waals surface area contributed by atoms with Crippen molar-refractivity contribution in [3.8, 4) is 0 Å². The molecule has 0 atom stereocenters. The summed E-state index contributed by atoms with van der Waals surface area (Å²) in [5.41, 5.74) is 3.90. The van der Waals surface area contributed by atoms with Crippen molar-refractivity contribution in [1.82, 2.24) is 10.3 Å². The molecular formula is C26H22N2O4S. The lowest BCUT2D eigenvalue weighted by Crippen LogP contribution is -2.28. The summed E-state index contributed by atoms with van der Waals surface area (Å²) in [7, 11) is 0. The fourth-order valence-electron chi connectivity index (χ4n) is 4.11. The van der Waals surface area contributed by atoms with Crippen LogP contribution in [0.5, 0.6) is 0 Å². The number of carbonyl (C=O) groups excluding carboxylic acids is 2. The molecule has 1 N–H and O–H groups in total. The Bertz CT molecular complexity index is 1320. The molecule has 7 heteroatoms. The average Bonchev–Trinajstić information content (AvgIpc) is 3.54. The van der Waals surface area contributed by atoms with Crippen LogP contribution in [0.2, 0.25) is 0 Å². The number of thiophene rings is 1. The van der Waals surface area contributed by atoms with Gasteiger partial charge < -0.3 is 14.5 Å². The molecule has 5 rings (SSSR count).